The van der Waals surface area contributed by atoms with E-state index in [0.29, 0.717) is 0 Å². The van der Waals surface area contributed by atoms with Gasteiger partial charge in [0.25, 0.3) is 0 Å². The molecule has 1 aliphatic rings. The van der Waals surface area contributed by atoms with Crippen LogP contribution in [0.1, 0.15) is 35.1 Å². The maximum Gasteiger partial charge on any atom is 4.00 e. The zero-order chi connectivity index (χ0) is 14.2. The molecule has 0 radical (unpaired) electrons. The molecule has 0 amide bonds. The molecule has 2 aromatic carbocycles. The standard InChI is InChI=1S/C19H25Si.3CH3.Ti/c1-15-13-16-9-7-8-12-18(16)19(15)14-20(2,3)17-10-5-4-6-11-17;;;;/h4-6,10-11,13H,7-9,12,14H2,1-3H3;3*1H3;/q4*-1;+4. The summed E-state index contributed by atoms with van der Waals surface area (Å²) in [6.45, 7) is 7.36. The van der Waals surface area contributed by atoms with Gasteiger partial charge in [-0.25, -0.2) is 6.07 Å². The Balaban J connectivity index is 0. The van der Waals surface area contributed by atoms with Gasteiger partial charge in [-0.15, -0.1) is 0 Å². The van der Waals surface area contributed by atoms with E-state index in [4.69, 9.17) is 0 Å². The van der Waals surface area contributed by atoms with E-state index >= 15 is 0 Å². The van der Waals surface area contributed by atoms with Gasteiger partial charge in [-0.1, -0.05) is 87.3 Å². The average molecular weight is 374 g/mol. The predicted octanol–water partition coefficient (Wildman–Crippen LogP) is 5.64. The summed E-state index contributed by atoms with van der Waals surface area (Å²) in [5.74, 6) is 0. The first-order chi connectivity index (χ1) is 9.58. The van der Waals surface area contributed by atoms with Crippen LogP contribution >= 0.6 is 0 Å². The fourth-order valence-corrected chi connectivity index (χ4v) is 6.37. The van der Waals surface area contributed by atoms with Crippen LogP contribution in [-0.2, 0) is 40.6 Å². The summed E-state index contributed by atoms with van der Waals surface area (Å²) in [6.07, 6.45) is 5.40. The molecule has 2 heteroatoms. The molecule has 0 saturated carbocycles. The molecule has 130 valence electrons. The number of fused-ring (bicyclic) bond motifs is 1. The average Bonchev–Trinajstić information content (AvgIpc) is 2.76. The van der Waals surface area contributed by atoms with Crippen LogP contribution in [-0.4, -0.2) is 8.07 Å². The Morgan fingerprint density at radius 3 is 2.17 bits per heavy atom. The summed E-state index contributed by atoms with van der Waals surface area (Å²) in [6, 6.07) is 14.9. The van der Waals surface area contributed by atoms with E-state index in [-0.39, 0.29) is 44.0 Å². The van der Waals surface area contributed by atoms with E-state index in [9.17, 15) is 0 Å². The molecule has 0 heterocycles. The van der Waals surface area contributed by atoms with Gasteiger partial charge in [0.2, 0.25) is 0 Å². The van der Waals surface area contributed by atoms with Crippen LogP contribution in [0.2, 0.25) is 13.1 Å². The van der Waals surface area contributed by atoms with Gasteiger partial charge in [0, 0.05) is 0 Å². The van der Waals surface area contributed by atoms with E-state index in [1.165, 1.54) is 31.7 Å². The summed E-state index contributed by atoms with van der Waals surface area (Å²) in [4.78, 5) is 0. The van der Waals surface area contributed by atoms with Crippen molar-refractivity contribution in [3.8, 4) is 0 Å². The molecule has 24 heavy (non-hydrogen) atoms. The first-order valence-electron chi connectivity index (χ1n) is 7.90. The molecule has 0 N–H and O–H groups in total. The molecule has 0 spiro atoms. The summed E-state index contributed by atoms with van der Waals surface area (Å²) < 4.78 is 0. The first kappa shape index (κ1) is 25.7. The molecule has 0 aromatic heterocycles. The van der Waals surface area contributed by atoms with Crippen molar-refractivity contribution < 1.29 is 21.7 Å². The quantitative estimate of drug-likeness (QED) is 0.482. The number of benzene rings is 1. The van der Waals surface area contributed by atoms with Gasteiger partial charge < -0.3 is 22.3 Å². The molecule has 0 atom stereocenters. The minimum absolute atomic E-state index is 0. The van der Waals surface area contributed by atoms with Crippen LogP contribution in [0, 0.1) is 29.2 Å². The van der Waals surface area contributed by atoms with E-state index in [1.54, 1.807) is 27.4 Å². The number of hydrogen-bond donors (Lipinski definition) is 0. The number of aryl methyl sites for hydroxylation is 2. The molecule has 0 aliphatic heterocycles. The van der Waals surface area contributed by atoms with Gasteiger partial charge in [0.15, 0.2) is 0 Å². The van der Waals surface area contributed by atoms with Gasteiger partial charge in [-0.05, 0) is 0 Å². The Hall–Kier alpha value is -0.499. The largest absolute Gasteiger partial charge is 4.00 e. The summed E-state index contributed by atoms with van der Waals surface area (Å²) in [5.41, 5.74) is 6.61. The maximum atomic E-state index is 2.52. The Bertz CT molecular complexity index is 596. The predicted molar refractivity (Wildman–Crippen MR) is 110 cm³/mol. The molecule has 0 unspecified atom stereocenters. The van der Waals surface area contributed by atoms with Crippen LogP contribution in [0.15, 0.2) is 36.4 Å². The van der Waals surface area contributed by atoms with E-state index in [0.717, 1.165) is 0 Å². The smallest absolute Gasteiger partial charge is 0.358 e. The molecule has 1 aliphatic carbocycles. The molecular formula is C22H34SiTi. The van der Waals surface area contributed by atoms with Crippen molar-refractivity contribution in [3.63, 3.8) is 0 Å². The maximum absolute atomic E-state index is 2.52. The van der Waals surface area contributed by atoms with Crippen LogP contribution in [0.4, 0.5) is 0 Å². The van der Waals surface area contributed by atoms with Crippen LogP contribution in [0.25, 0.3) is 0 Å². The fourth-order valence-electron chi connectivity index (χ4n) is 3.70. The normalized spacial score (nSPS) is 12.6. The molecule has 0 bridgehead atoms. The third-order valence-corrected chi connectivity index (χ3v) is 8.05. The third-order valence-electron chi connectivity index (χ3n) is 4.92. The van der Waals surface area contributed by atoms with Crippen molar-refractivity contribution in [2.24, 2.45) is 0 Å². The Labute approximate surface area is 167 Å². The van der Waals surface area contributed by atoms with E-state index < -0.39 is 8.07 Å². The fraction of sp³-hybridized carbons (Fsp3) is 0.364. The van der Waals surface area contributed by atoms with E-state index in [2.05, 4.69) is 56.4 Å². The minimum Gasteiger partial charge on any atom is -0.358 e. The minimum atomic E-state index is -1.37. The first-order valence-corrected chi connectivity index (χ1v) is 11.1. The zero-order valence-corrected chi connectivity index (χ0v) is 19.1. The van der Waals surface area contributed by atoms with E-state index in [1.807, 2.05) is 0 Å². The SMILES string of the molecule is Cc1cc2c([c-]1C[Si](C)(C)c1ccccc1)CCCC2.[CH3-].[CH3-].[CH3-].[Ti+4]. The van der Waals surface area contributed by atoms with Crippen molar-refractivity contribution in [2.75, 3.05) is 0 Å². The van der Waals surface area contributed by atoms with Crippen molar-refractivity contribution in [1.82, 2.24) is 0 Å². The molecule has 0 fully saturated rings. The summed E-state index contributed by atoms with van der Waals surface area (Å²) in [5, 5.41) is 1.59. The van der Waals surface area contributed by atoms with Crippen LogP contribution < -0.4 is 5.19 Å². The monoisotopic (exact) mass is 374 g/mol. The number of rotatable bonds is 3. The zero-order valence-electron chi connectivity index (χ0n) is 16.5. The second-order valence-corrected chi connectivity index (χ2v) is 11.6. The van der Waals surface area contributed by atoms with Crippen LogP contribution in [0.5, 0.6) is 0 Å². The van der Waals surface area contributed by atoms with Crippen molar-refractivity contribution in [2.45, 2.75) is 51.7 Å². The molecular weight excluding hydrogens is 340 g/mol. The summed E-state index contributed by atoms with van der Waals surface area (Å²) in [7, 11) is -1.37. The second kappa shape index (κ2) is 10.5. The van der Waals surface area contributed by atoms with Gasteiger partial charge in [0.1, 0.15) is 0 Å². The Kier molecular flexibility index (Phi) is 11.2. The van der Waals surface area contributed by atoms with Crippen molar-refractivity contribution in [3.05, 3.63) is 80.9 Å². The summed E-state index contributed by atoms with van der Waals surface area (Å²) >= 11 is 0. The topological polar surface area (TPSA) is 0 Å². The van der Waals surface area contributed by atoms with Crippen LogP contribution in [0.3, 0.4) is 0 Å². The Morgan fingerprint density at radius 2 is 1.54 bits per heavy atom. The Morgan fingerprint density at radius 1 is 0.958 bits per heavy atom. The third kappa shape index (κ3) is 5.25. The molecule has 3 rings (SSSR count). The molecule has 0 saturated heterocycles. The molecule has 0 nitrogen and oxygen atoms in total. The van der Waals surface area contributed by atoms with Gasteiger partial charge in [0.05, 0.1) is 8.07 Å². The number of hydrogen-bond acceptors (Lipinski definition) is 0. The molecule has 2 aromatic rings. The second-order valence-electron chi connectivity index (χ2n) is 6.94. The van der Waals surface area contributed by atoms with Gasteiger partial charge in [-0.3, -0.25) is 0 Å². The van der Waals surface area contributed by atoms with Gasteiger partial charge >= 0.3 is 21.7 Å². The van der Waals surface area contributed by atoms with Gasteiger partial charge in [-0.2, -0.15) is 22.3 Å². The van der Waals surface area contributed by atoms with Crippen molar-refractivity contribution in [1.29, 1.82) is 0 Å². The van der Waals surface area contributed by atoms with Crippen molar-refractivity contribution >= 4 is 13.3 Å².